The Bertz CT molecular complexity index is 994. The minimum absolute atomic E-state index is 0.131. The summed E-state index contributed by atoms with van der Waals surface area (Å²) in [5.74, 6) is 1.65. The van der Waals surface area contributed by atoms with Crippen LogP contribution >= 0.6 is 11.6 Å². The normalized spacial score (nSPS) is 10.0. The molecule has 3 aromatic rings. The first-order chi connectivity index (χ1) is 15.9. The van der Waals surface area contributed by atoms with Crippen molar-refractivity contribution in [3.05, 3.63) is 81.0 Å². The Kier molecular flexibility index (Phi) is 9.75. The second kappa shape index (κ2) is 12.5. The molecule has 0 atom stereocenters. The van der Waals surface area contributed by atoms with Crippen molar-refractivity contribution < 1.29 is 14.4 Å². The third-order valence-corrected chi connectivity index (χ3v) is 4.95. The summed E-state index contributed by atoms with van der Waals surface area (Å²) in [5.41, 5.74) is 2.05. The number of benzene rings is 2. The van der Waals surface area contributed by atoms with Gasteiger partial charge in [0.05, 0.1) is 19.1 Å². The van der Waals surface area contributed by atoms with Gasteiger partial charge in [0.1, 0.15) is 22.3 Å². The number of anilines is 2. The van der Waals surface area contributed by atoms with E-state index in [1.165, 1.54) is 6.07 Å². The number of hydrogen-bond donors (Lipinski definition) is 1. The highest BCUT2D eigenvalue weighted by molar-refractivity contribution is 6.30. The molecule has 1 heterocycles. The second-order valence-electron chi connectivity index (χ2n) is 6.72. The van der Waals surface area contributed by atoms with Crippen LogP contribution in [0, 0.1) is 10.1 Å². The average molecular weight is 473 g/mol. The first-order valence-corrected chi connectivity index (χ1v) is 10.9. The molecule has 0 amide bonds. The van der Waals surface area contributed by atoms with Gasteiger partial charge < -0.3 is 19.7 Å². The van der Waals surface area contributed by atoms with Gasteiger partial charge in [0.2, 0.25) is 5.82 Å². The number of hydrogen-bond acceptors (Lipinski definition) is 7. The van der Waals surface area contributed by atoms with Crippen LogP contribution in [0.15, 0.2) is 54.6 Å². The molecule has 2 aromatic carbocycles. The SMILES string of the molecule is CC.CNc1cc(Cl)nc(N(Cc2ccc(OC)cc2)Cc2ccc(OC)cc2)c1[N+](=O)[O-]. The molecule has 0 unspecified atom stereocenters. The summed E-state index contributed by atoms with van der Waals surface area (Å²) < 4.78 is 10.4. The van der Waals surface area contributed by atoms with Crippen molar-refractivity contribution in [2.24, 2.45) is 0 Å². The Labute approximate surface area is 199 Å². The lowest BCUT2D eigenvalue weighted by Crippen LogP contribution is -2.24. The van der Waals surface area contributed by atoms with Gasteiger partial charge in [0.25, 0.3) is 0 Å². The van der Waals surface area contributed by atoms with Crippen molar-refractivity contribution in [2.75, 3.05) is 31.5 Å². The zero-order valence-electron chi connectivity index (χ0n) is 19.5. The van der Waals surface area contributed by atoms with Gasteiger partial charge in [-0.3, -0.25) is 10.1 Å². The number of nitro groups is 1. The highest BCUT2D eigenvalue weighted by Crippen LogP contribution is 2.37. The van der Waals surface area contributed by atoms with E-state index in [1.54, 1.807) is 21.3 Å². The van der Waals surface area contributed by atoms with Crippen LogP contribution in [0.25, 0.3) is 0 Å². The quantitative estimate of drug-likeness (QED) is 0.234. The molecule has 8 nitrogen and oxygen atoms in total. The maximum Gasteiger partial charge on any atom is 0.334 e. The highest BCUT2D eigenvalue weighted by atomic mass is 35.5. The molecule has 176 valence electrons. The van der Waals surface area contributed by atoms with Gasteiger partial charge in [-0.15, -0.1) is 0 Å². The fourth-order valence-electron chi connectivity index (χ4n) is 3.19. The standard InChI is InChI=1S/C22H23ClN4O4.C2H6/c1-24-19-12-20(23)25-22(21(19)27(28)29)26(13-15-4-8-17(30-2)9-5-15)14-16-6-10-18(31-3)11-7-16;1-2/h4-12H,13-14H2,1-3H3,(H,24,25);1-2H3. The van der Waals surface area contributed by atoms with E-state index < -0.39 is 4.92 Å². The zero-order valence-corrected chi connectivity index (χ0v) is 20.2. The van der Waals surface area contributed by atoms with Crippen LogP contribution < -0.4 is 19.7 Å². The number of methoxy groups -OCH3 is 2. The van der Waals surface area contributed by atoms with Crippen LogP contribution in [0.3, 0.4) is 0 Å². The zero-order chi connectivity index (χ0) is 24.4. The summed E-state index contributed by atoms with van der Waals surface area (Å²) in [7, 11) is 4.81. The maximum absolute atomic E-state index is 11.9. The molecule has 9 heteroatoms. The van der Waals surface area contributed by atoms with Gasteiger partial charge in [-0.1, -0.05) is 49.7 Å². The Morgan fingerprint density at radius 3 is 1.79 bits per heavy atom. The van der Waals surface area contributed by atoms with Gasteiger partial charge in [0, 0.05) is 26.2 Å². The van der Waals surface area contributed by atoms with Crippen molar-refractivity contribution in [2.45, 2.75) is 26.9 Å². The number of halogens is 1. The van der Waals surface area contributed by atoms with Crippen molar-refractivity contribution in [3.8, 4) is 11.5 Å². The first-order valence-electron chi connectivity index (χ1n) is 10.5. The minimum atomic E-state index is -0.445. The van der Waals surface area contributed by atoms with E-state index in [2.05, 4.69) is 10.3 Å². The van der Waals surface area contributed by atoms with E-state index >= 15 is 0 Å². The van der Waals surface area contributed by atoms with Gasteiger partial charge in [0.15, 0.2) is 0 Å². The molecule has 1 aromatic heterocycles. The first kappa shape index (κ1) is 25.7. The summed E-state index contributed by atoms with van der Waals surface area (Å²) in [4.78, 5) is 17.6. The monoisotopic (exact) mass is 472 g/mol. The van der Waals surface area contributed by atoms with Crippen molar-refractivity contribution in [1.82, 2.24) is 4.98 Å². The Balaban J connectivity index is 0.00000187. The molecule has 0 fully saturated rings. The molecule has 3 rings (SSSR count). The third kappa shape index (κ3) is 6.73. The lowest BCUT2D eigenvalue weighted by Gasteiger charge is -2.25. The molecule has 0 radical (unpaired) electrons. The van der Waals surface area contributed by atoms with Crippen LogP contribution in [0.1, 0.15) is 25.0 Å². The summed E-state index contributed by atoms with van der Waals surface area (Å²) in [6.45, 7) is 4.76. The third-order valence-electron chi connectivity index (χ3n) is 4.76. The van der Waals surface area contributed by atoms with Crippen molar-refractivity contribution >= 4 is 28.8 Å². The van der Waals surface area contributed by atoms with Crippen LogP contribution in [0.2, 0.25) is 5.15 Å². The van der Waals surface area contributed by atoms with Gasteiger partial charge >= 0.3 is 5.69 Å². The predicted octanol–water partition coefficient (Wildman–Crippen LogP) is 5.94. The fourth-order valence-corrected chi connectivity index (χ4v) is 3.38. The number of aromatic nitrogens is 1. The number of rotatable bonds is 9. The van der Waals surface area contributed by atoms with Crippen LogP contribution in [-0.4, -0.2) is 31.2 Å². The predicted molar refractivity (Wildman–Crippen MR) is 133 cm³/mol. The molecule has 1 N–H and O–H groups in total. The molecule has 0 aliphatic rings. The largest absolute Gasteiger partial charge is 0.497 e. The van der Waals surface area contributed by atoms with E-state index in [1.807, 2.05) is 67.3 Å². The number of ether oxygens (including phenoxy) is 2. The molecular weight excluding hydrogens is 444 g/mol. The Morgan fingerprint density at radius 2 is 1.42 bits per heavy atom. The van der Waals surface area contributed by atoms with E-state index in [9.17, 15) is 10.1 Å². The lowest BCUT2D eigenvalue weighted by atomic mass is 10.1. The smallest absolute Gasteiger partial charge is 0.334 e. The minimum Gasteiger partial charge on any atom is -0.497 e. The Hall–Kier alpha value is -3.52. The topological polar surface area (TPSA) is 89.8 Å². The average Bonchev–Trinajstić information content (AvgIpc) is 2.85. The van der Waals surface area contributed by atoms with E-state index in [-0.39, 0.29) is 16.7 Å². The maximum atomic E-state index is 11.9. The fraction of sp³-hybridized carbons (Fsp3) is 0.292. The molecule has 0 spiro atoms. The van der Waals surface area contributed by atoms with Crippen LogP contribution in [0.4, 0.5) is 17.2 Å². The highest BCUT2D eigenvalue weighted by Gasteiger charge is 2.27. The number of nitrogens with zero attached hydrogens (tertiary/aromatic N) is 3. The van der Waals surface area contributed by atoms with E-state index in [0.29, 0.717) is 18.8 Å². The Morgan fingerprint density at radius 1 is 0.970 bits per heavy atom. The summed E-state index contributed by atoms with van der Waals surface area (Å²) in [6.07, 6.45) is 0. The number of nitrogens with one attached hydrogen (secondary N) is 1. The molecule has 0 saturated heterocycles. The molecular formula is C24H29ClN4O4. The van der Waals surface area contributed by atoms with Crippen molar-refractivity contribution in [3.63, 3.8) is 0 Å². The van der Waals surface area contributed by atoms with Gasteiger partial charge in [-0.05, 0) is 35.4 Å². The summed E-state index contributed by atoms with van der Waals surface area (Å²) in [6, 6.07) is 16.5. The molecule has 0 saturated carbocycles. The van der Waals surface area contributed by atoms with Crippen molar-refractivity contribution in [1.29, 1.82) is 0 Å². The van der Waals surface area contributed by atoms with Crippen LogP contribution in [-0.2, 0) is 13.1 Å². The van der Waals surface area contributed by atoms with E-state index in [0.717, 1.165) is 22.6 Å². The number of pyridine rings is 1. The van der Waals surface area contributed by atoms with Crippen LogP contribution in [0.5, 0.6) is 11.5 Å². The molecule has 33 heavy (non-hydrogen) atoms. The van der Waals surface area contributed by atoms with E-state index in [4.69, 9.17) is 21.1 Å². The summed E-state index contributed by atoms with van der Waals surface area (Å²) >= 11 is 6.20. The summed E-state index contributed by atoms with van der Waals surface area (Å²) in [5, 5.41) is 14.9. The van der Waals surface area contributed by atoms with Gasteiger partial charge in [-0.25, -0.2) is 4.98 Å². The van der Waals surface area contributed by atoms with Gasteiger partial charge in [-0.2, -0.15) is 0 Å². The molecule has 0 aliphatic carbocycles. The molecule has 0 bridgehead atoms. The lowest BCUT2D eigenvalue weighted by molar-refractivity contribution is -0.383. The second-order valence-corrected chi connectivity index (χ2v) is 7.11. The molecule has 0 aliphatic heterocycles.